The monoisotopic (exact) mass is 402 g/mol. The molecule has 0 spiro atoms. The van der Waals surface area contributed by atoms with Crippen LogP contribution in [-0.2, 0) is 0 Å². The van der Waals surface area contributed by atoms with Crippen molar-refractivity contribution in [2.45, 2.75) is 0 Å². The summed E-state index contributed by atoms with van der Waals surface area (Å²) in [6.07, 6.45) is 1.58. The first-order chi connectivity index (χ1) is 14.7. The van der Waals surface area contributed by atoms with E-state index in [0.29, 0.717) is 11.2 Å². The lowest BCUT2D eigenvalue weighted by molar-refractivity contribution is 0.639. The van der Waals surface area contributed by atoms with Gasteiger partial charge in [0.25, 0.3) is 0 Å². The number of benzene rings is 1. The Morgan fingerprint density at radius 1 is 0.800 bits per heavy atom. The van der Waals surface area contributed by atoms with Gasteiger partial charge in [-0.25, -0.2) is 9.97 Å². The van der Waals surface area contributed by atoms with Crippen LogP contribution in [0.1, 0.15) is 0 Å². The second-order valence-corrected chi connectivity index (χ2v) is 7.32. The van der Waals surface area contributed by atoms with Gasteiger partial charge >= 0.3 is 0 Å². The average molecular weight is 402 g/mol. The Labute approximate surface area is 173 Å². The van der Waals surface area contributed by atoms with Crippen LogP contribution in [0.5, 0.6) is 0 Å². The molecule has 3 aromatic heterocycles. The first kappa shape index (κ1) is 18.2. The van der Waals surface area contributed by atoms with Crippen molar-refractivity contribution in [3.63, 3.8) is 0 Å². The molecule has 1 aliphatic heterocycles. The standard InChI is InChI=1S/C20H22N10/c1-27(2)16-8-9-17(24-23-16)28-10-12-29(13-11-28)19-18-20(22-14-21-19)30(26-25-18)15-6-4-3-5-7-15/h3-9,14H,10-13H2,1-2H3. The third-order valence-corrected chi connectivity index (χ3v) is 5.22. The number of piperazine rings is 1. The summed E-state index contributed by atoms with van der Waals surface area (Å²) in [5.41, 5.74) is 2.35. The molecule has 0 unspecified atom stereocenters. The molecule has 0 atom stereocenters. The van der Waals surface area contributed by atoms with E-state index in [1.807, 2.05) is 61.5 Å². The zero-order chi connectivity index (χ0) is 20.5. The molecule has 1 aromatic carbocycles. The summed E-state index contributed by atoms with van der Waals surface area (Å²) in [6.45, 7) is 3.27. The minimum absolute atomic E-state index is 0.707. The van der Waals surface area contributed by atoms with E-state index >= 15 is 0 Å². The van der Waals surface area contributed by atoms with E-state index in [1.165, 1.54) is 0 Å². The first-order valence-corrected chi connectivity index (χ1v) is 9.83. The number of rotatable bonds is 4. The molecule has 10 heteroatoms. The highest BCUT2D eigenvalue weighted by atomic mass is 15.5. The number of para-hydroxylation sites is 1. The maximum atomic E-state index is 4.51. The largest absolute Gasteiger partial charge is 0.361 e. The molecule has 0 aliphatic carbocycles. The van der Waals surface area contributed by atoms with Crippen LogP contribution in [0.3, 0.4) is 0 Å². The Kier molecular flexibility index (Phi) is 4.58. The Bertz CT molecular complexity index is 1130. The van der Waals surface area contributed by atoms with Crippen LogP contribution in [0.2, 0.25) is 0 Å². The Hall–Kier alpha value is -3.82. The van der Waals surface area contributed by atoms with Crippen molar-refractivity contribution in [3.05, 3.63) is 48.8 Å². The molecule has 0 amide bonds. The molecule has 0 saturated carbocycles. The van der Waals surface area contributed by atoms with Gasteiger partial charge in [-0.15, -0.1) is 15.3 Å². The van der Waals surface area contributed by atoms with Gasteiger partial charge in [-0.1, -0.05) is 23.4 Å². The highest BCUT2D eigenvalue weighted by Gasteiger charge is 2.23. The number of aromatic nitrogens is 7. The fraction of sp³-hybridized carbons (Fsp3) is 0.300. The lowest BCUT2D eigenvalue weighted by Crippen LogP contribution is -2.47. The van der Waals surface area contributed by atoms with Crippen molar-refractivity contribution in [1.82, 2.24) is 35.2 Å². The quantitative estimate of drug-likeness (QED) is 0.502. The fourth-order valence-electron chi connectivity index (χ4n) is 3.58. The zero-order valence-corrected chi connectivity index (χ0v) is 16.9. The van der Waals surface area contributed by atoms with Crippen LogP contribution in [-0.4, -0.2) is 75.4 Å². The number of hydrogen-bond acceptors (Lipinski definition) is 9. The fourth-order valence-corrected chi connectivity index (χ4v) is 3.58. The van der Waals surface area contributed by atoms with Gasteiger partial charge in [-0.3, -0.25) is 0 Å². The second kappa shape index (κ2) is 7.54. The lowest BCUT2D eigenvalue weighted by Gasteiger charge is -2.35. The van der Waals surface area contributed by atoms with E-state index < -0.39 is 0 Å². The molecule has 4 aromatic rings. The van der Waals surface area contributed by atoms with Gasteiger partial charge in [0, 0.05) is 40.3 Å². The van der Waals surface area contributed by atoms with Gasteiger partial charge in [0.05, 0.1) is 5.69 Å². The van der Waals surface area contributed by atoms with E-state index in [-0.39, 0.29) is 0 Å². The van der Waals surface area contributed by atoms with E-state index in [9.17, 15) is 0 Å². The van der Waals surface area contributed by atoms with Crippen LogP contribution >= 0.6 is 0 Å². The molecule has 10 nitrogen and oxygen atoms in total. The molecule has 30 heavy (non-hydrogen) atoms. The Morgan fingerprint density at radius 2 is 1.57 bits per heavy atom. The van der Waals surface area contributed by atoms with Gasteiger partial charge in [-0.2, -0.15) is 4.68 Å². The van der Waals surface area contributed by atoms with Crippen LogP contribution in [0.15, 0.2) is 48.8 Å². The van der Waals surface area contributed by atoms with Crippen molar-refractivity contribution in [1.29, 1.82) is 0 Å². The van der Waals surface area contributed by atoms with Gasteiger partial charge < -0.3 is 14.7 Å². The van der Waals surface area contributed by atoms with E-state index in [1.54, 1.807) is 11.0 Å². The SMILES string of the molecule is CN(C)c1ccc(N2CCN(c3ncnc4c3nnn4-c3ccccc3)CC2)nn1. The van der Waals surface area contributed by atoms with Crippen LogP contribution in [0, 0.1) is 0 Å². The summed E-state index contributed by atoms with van der Waals surface area (Å²) in [5.74, 6) is 2.56. The predicted octanol–water partition coefficient (Wildman–Crippen LogP) is 1.39. The van der Waals surface area contributed by atoms with Gasteiger partial charge in [0.15, 0.2) is 28.6 Å². The summed E-state index contributed by atoms with van der Waals surface area (Å²) in [4.78, 5) is 15.3. The minimum atomic E-state index is 0.707. The number of hydrogen-bond donors (Lipinski definition) is 0. The van der Waals surface area contributed by atoms with Crippen molar-refractivity contribution < 1.29 is 0 Å². The molecule has 0 bridgehead atoms. The molecule has 152 valence electrons. The molecular formula is C20H22N10. The molecule has 4 heterocycles. The van der Waals surface area contributed by atoms with Crippen LogP contribution < -0.4 is 14.7 Å². The highest BCUT2D eigenvalue weighted by Crippen LogP contribution is 2.24. The number of fused-ring (bicyclic) bond motifs is 1. The van der Waals surface area contributed by atoms with Gasteiger partial charge in [-0.05, 0) is 24.3 Å². The van der Waals surface area contributed by atoms with E-state index in [4.69, 9.17) is 0 Å². The maximum Gasteiger partial charge on any atom is 0.189 e. The zero-order valence-electron chi connectivity index (χ0n) is 16.9. The molecule has 1 aliphatic rings. The number of anilines is 3. The normalized spacial score (nSPS) is 14.3. The summed E-state index contributed by atoms with van der Waals surface area (Å²) < 4.78 is 1.75. The summed E-state index contributed by atoms with van der Waals surface area (Å²) in [6, 6.07) is 13.9. The average Bonchev–Trinajstić information content (AvgIpc) is 3.24. The summed E-state index contributed by atoms with van der Waals surface area (Å²) in [5, 5.41) is 17.3. The Balaban J connectivity index is 1.36. The summed E-state index contributed by atoms with van der Waals surface area (Å²) >= 11 is 0. The summed E-state index contributed by atoms with van der Waals surface area (Å²) in [7, 11) is 3.91. The highest BCUT2D eigenvalue weighted by molar-refractivity contribution is 5.83. The molecular weight excluding hydrogens is 380 g/mol. The lowest BCUT2D eigenvalue weighted by atomic mass is 10.3. The minimum Gasteiger partial charge on any atom is -0.361 e. The van der Waals surface area contributed by atoms with Crippen LogP contribution in [0.4, 0.5) is 17.5 Å². The molecule has 1 fully saturated rings. The van der Waals surface area contributed by atoms with Crippen molar-refractivity contribution in [2.24, 2.45) is 0 Å². The van der Waals surface area contributed by atoms with E-state index in [0.717, 1.165) is 49.3 Å². The van der Waals surface area contributed by atoms with Crippen molar-refractivity contribution >= 4 is 28.6 Å². The molecule has 0 N–H and O–H groups in total. The topological polar surface area (TPSA) is 92.0 Å². The number of nitrogens with zero attached hydrogens (tertiary/aromatic N) is 10. The molecule has 1 saturated heterocycles. The predicted molar refractivity (Wildman–Crippen MR) is 115 cm³/mol. The van der Waals surface area contributed by atoms with Gasteiger partial charge in [0.2, 0.25) is 0 Å². The smallest absolute Gasteiger partial charge is 0.189 e. The first-order valence-electron chi connectivity index (χ1n) is 9.83. The van der Waals surface area contributed by atoms with Crippen molar-refractivity contribution in [3.8, 4) is 5.69 Å². The molecule has 5 rings (SSSR count). The second-order valence-electron chi connectivity index (χ2n) is 7.32. The van der Waals surface area contributed by atoms with Crippen molar-refractivity contribution in [2.75, 3.05) is 55.0 Å². The molecule has 0 radical (unpaired) electrons. The third kappa shape index (κ3) is 3.25. The van der Waals surface area contributed by atoms with Gasteiger partial charge in [0.1, 0.15) is 6.33 Å². The van der Waals surface area contributed by atoms with E-state index in [2.05, 4.69) is 40.3 Å². The Morgan fingerprint density at radius 3 is 2.27 bits per heavy atom. The van der Waals surface area contributed by atoms with Crippen LogP contribution in [0.25, 0.3) is 16.9 Å². The third-order valence-electron chi connectivity index (χ3n) is 5.22. The maximum absolute atomic E-state index is 4.51.